The van der Waals surface area contributed by atoms with Crippen LogP contribution in [0.5, 0.6) is 5.75 Å². The predicted octanol–water partition coefficient (Wildman–Crippen LogP) is 1.76. The SMILES string of the molecule is C=CCNC(=O)COc1ccc(Cl)cc1CNCCOC. The maximum Gasteiger partial charge on any atom is 0.258 e. The highest BCUT2D eigenvalue weighted by Gasteiger charge is 2.07. The molecule has 0 aliphatic heterocycles. The molecule has 1 amide bonds. The average Bonchev–Trinajstić information content (AvgIpc) is 2.48. The first-order chi connectivity index (χ1) is 10.2. The Labute approximate surface area is 130 Å². The standard InChI is InChI=1S/C15H21ClN2O3/c1-3-6-18-15(19)11-21-14-5-4-13(16)9-12(14)10-17-7-8-20-2/h3-5,9,17H,1,6-8,10-11H2,2H3,(H,18,19). The van der Waals surface area contributed by atoms with Crippen molar-refractivity contribution in [2.24, 2.45) is 0 Å². The number of benzene rings is 1. The topological polar surface area (TPSA) is 59.6 Å². The van der Waals surface area contributed by atoms with E-state index in [0.717, 1.165) is 12.1 Å². The van der Waals surface area contributed by atoms with Crippen LogP contribution in [0.4, 0.5) is 0 Å². The van der Waals surface area contributed by atoms with Crippen LogP contribution in [0.25, 0.3) is 0 Å². The van der Waals surface area contributed by atoms with Crippen LogP contribution in [0.1, 0.15) is 5.56 Å². The van der Waals surface area contributed by atoms with Gasteiger partial charge in [0, 0.05) is 37.3 Å². The Morgan fingerprint density at radius 2 is 2.29 bits per heavy atom. The van der Waals surface area contributed by atoms with Crippen molar-refractivity contribution in [1.82, 2.24) is 10.6 Å². The zero-order valence-corrected chi connectivity index (χ0v) is 12.9. The van der Waals surface area contributed by atoms with Gasteiger partial charge < -0.3 is 20.1 Å². The summed E-state index contributed by atoms with van der Waals surface area (Å²) in [6.45, 7) is 5.86. The van der Waals surface area contributed by atoms with E-state index < -0.39 is 0 Å². The van der Waals surface area contributed by atoms with Crippen molar-refractivity contribution in [2.45, 2.75) is 6.54 Å². The van der Waals surface area contributed by atoms with E-state index in [1.54, 1.807) is 25.3 Å². The van der Waals surface area contributed by atoms with Gasteiger partial charge in [0.1, 0.15) is 5.75 Å². The fourth-order valence-corrected chi connectivity index (χ4v) is 1.80. The Morgan fingerprint density at radius 1 is 1.48 bits per heavy atom. The lowest BCUT2D eigenvalue weighted by Crippen LogP contribution is -2.29. The van der Waals surface area contributed by atoms with Crippen LogP contribution in [0, 0.1) is 0 Å². The van der Waals surface area contributed by atoms with Crippen molar-refractivity contribution in [1.29, 1.82) is 0 Å². The van der Waals surface area contributed by atoms with Gasteiger partial charge in [0.15, 0.2) is 6.61 Å². The zero-order valence-electron chi connectivity index (χ0n) is 12.2. The van der Waals surface area contributed by atoms with Crippen molar-refractivity contribution in [3.8, 4) is 5.75 Å². The van der Waals surface area contributed by atoms with Crippen LogP contribution < -0.4 is 15.4 Å². The van der Waals surface area contributed by atoms with Gasteiger partial charge in [-0.15, -0.1) is 6.58 Å². The van der Waals surface area contributed by atoms with Crippen molar-refractivity contribution >= 4 is 17.5 Å². The molecule has 0 saturated carbocycles. The van der Waals surface area contributed by atoms with Crippen LogP contribution in [0.3, 0.4) is 0 Å². The number of hydrogen-bond acceptors (Lipinski definition) is 4. The summed E-state index contributed by atoms with van der Waals surface area (Å²) in [5.74, 6) is 0.446. The van der Waals surface area contributed by atoms with Crippen LogP contribution >= 0.6 is 11.6 Å². The molecule has 0 atom stereocenters. The van der Waals surface area contributed by atoms with E-state index in [9.17, 15) is 4.79 Å². The first-order valence-corrected chi connectivity index (χ1v) is 7.03. The Hall–Kier alpha value is -1.56. The summed E-state index contributed by atoms with van der Waals surface area (Å²) in [7, 11) is 1.65. The third-order valence-electron chi connectivity index (χ3n) is 2.62. The first kappa shape index (κ1) is 17.5. The Bertz CT molecular complexity index is 466. The molecule has 5 nitrogen and oxygen atoms in total. The molecule has 116 valence electrons. The second-order valence-corrected chi connectivity index (χ2v) is 4.74. The first-order valence-electron chi connectivity index (χ1n) is 6.66. The second kappa shape index (κ2) is 10.2. The number of methoxy groups -OCH3 is 1. The highest BCUT2D eigenvalue weighted by atomic mass is 35.5. The number of carbonyl (C=O) groups excluding carboxylic acids is 1. The molecule has 21 heavy (non-hydrogen) atoms. The summed E-state index contributed by atoms with van der Waals surface area (Å²) in [4.78, 5) is 11.5. The third-order valence-corrected chi connectivity index (χ3v) is 2.86. The van der Waals surface area contributed by atoms with Gasteiger partial charge in [0.05, 0.1) is 6.61 Å². The number of hydrogen-bond donors (Lipinski definition) is 2. The number of amides is 1. The number of nitrogens with one attached hydrogen (secondary N) is 2. The highest BCUT2D eigenvalue weighted by Crippen LogP contribution is 2.22. The quantitative estimate of drug-likeness (QED) is 0.510. The van der Waals surface area contributed by atoms with E-state index in [4.69, 9.17) is 21.1 Å². The molecule has 1 rings (SSSR count). The summed E-state index contributed by atoms with van der Waals surface area (Å²) in [6.07, 6.45) is 1.62. The molecule has 0 aliphatic rings. The van der Waals surface area contributed by atoms with Gasteiger partial charge in [-0.3, -0.25) is 4.79 Å². The van der Waals surface area contributed by atoms with Crippen LogP contribution in [-0.4, -0.2) is 39.3 Å². The summed E-state index contributed by atoms with van der Waals surface area (Å²) in [5, 5.41) is 6.49. The zero-order chi connectivity index (χ0) is 15.5. The molecule has 0 radical (unpaired) electrons. The monoisotopic (exact) mass is 312 g/mol. The number of rotatable bonds is 10. The number of halogens is 1. The molecule has 0 spiro atoms. The fraction of sp³-hybridized carbons (Fsp3) is 0.400. The van der Waals surface area contributed by atoms with E-state index in [1.165, 1.54) is 0 Å². The van der Waals surface area contributed by atoms with Crippen LogP contribution in [-0.2, 0) is 16.1 Å². The minimum atomic E-state index is -0.192. The summed E-state index contributed by atoms with van der Waals surface area (Å²) < 4.78 is 10.5. The van der Waals surface area contributed by atoms with Crippen molar-refractivity contribution < 1.29 is 14.3 Å². The summed E-state index contributed by atoms with van der Waals surface area (Å²) >= 11 is 5.99. The highest BCUT2D eigenvalue weighted by molar-refractivity contribution is 6.30. The lowest BCUT2D eigenvalue weighted by Gasteiger charge is -2.12. The van der Waals surface area contributed by atoms with Crippen LogP contribution in [0.15, 0.2) is 30.9 Å². The summed E-state index contributed by atoms with van der Waals surface area (Å²) in [5.41, 5.74) is 0.898. The molecule has 0 unspecified atom stereocenters. The summed E-state index contributed by atoms with van der Waals surface area (Å²) in [6, 6.07) is 5.31. The van der Waals surface area contributed by atoms with Gasteiger partial charge in [-0.05, 0) is 18.2 Å². The van der Waals surface area contributed by atoms with E-state index in [2.05, 4.69) is 17.2 Å². The fourth-order valence-electron chi connectivity index (χ4n) is 1.60. The van der Waals surface area contributed by atoms with Gasteiger partial charge in [-0.1, -0.05) is 17.7 Å². The largest absolute Gasteiger partial charge is 0.483 e. The van der Waals surface area contributed by atoms with E-state index in [-0.39, 0.29) is 12.5 Å². The molecular weight excluding hydrogens is 292 g/mol. The smallest absolute Gasteiger partial charge is 0.258 e. The van der Waals surface area contributed by atoms with Crippen molar-refractivity contribution in [2.75, 3.05) is 33.4 Å². The van der Waals surface area contributed by atoms with E-state index in [1.807, 2.05) is 6.07 Å². The molecule has 0 bridgehead atoms. The minimum Gasteiger partial charge on any atom is -0.483 e. The second-order valence-electron chi connectivity index (χ2n) is 4.30. The van der Waals surface area contributed by atoms with Gasteiger partial charge in [0.2, 0.25) is 0 Å². The molecule has 2 N–H and O–H groups in total. The van der Waals surface area contributed by atoms with Crippen molar-refractivity contribution in [3.05, 3.63) is 41.4 Å². The molecule has 1 aromatic rings. The normalized spacial score (nSPS) is 10.2. The van der Waals surface area contributed by atoms with Gasteiger partial charge in [-0.2, -0.15) is 0 Å². The predicted molar refractivity (Wildman–Crippen MR) is 83.7 cm³/mol. The lowest BCUT2D eigenvalue weighted by atomic mass is 10.2. The van der Waals surface area contributed by atoms with Crippen molar-refractivity contribution in [3.63, 3.8) is 0 Å². The third kappa shape index (κ3) is 7.13. The van der Waals surface area contributed by atoms with Gasteiger partial charge >= 0.3 is 0 Å². The Balaban J connectivity index is 2.55. The molecule has 1 aromatic carbocycles. The lowest BCUT2D eigenvalue weighted by molar-refractivity contribution is -0.122. The average molecular weight is 313 g/mol. The molecule has 0 saturated heterocycles. The Kier molecular flexibility index (Phi) is 8.50. The number of ether oxygens (including phenoxy) is 2. The maximum absolute atomic E-state index is 11.5. The number of carbonyl (C=O) groups is 1. The van der Waals surface area contributed by atoms with E-state index in [0.29, 0.717) is 30.5 Å². The molecule has 0 aromatic heterocycles. The molecule has 6 heteroatoms. The van der Waals surface area contributed by atoms with Gasteiger partial charge in [-0.25, -0.2) is 0 Å². The molecular formula is C15H21ClN2O3. The maximum atomic E-state index is 11.5. The molecule has 0 heterocycles. The van der Waals surface area contributed by atoms with Crippen LogP contribution in [0.2, 0.25) is 5.02 Å². The minimum absolute atomic E-state index is 0.0411. The molecule has 0 aliphatic carbocycles. The van der Waals surface area contributed by atoms with Gasteiger partial charge in [0.25, 0.3) is 5.91 Å². The van der Waals surface area contributed by atoms with E-state index >= 15 is 0 Å². The Morgan fingerprint density at radius 3 is 3.00 bits per heavy atom. The molecule has 0 fully saturated rings.